The molecule has 1 aliphatic rings. The van der Waals surface area contributed by atoms with Crippen LogP contribution in [0.25, 0.3) is 6.08 Å². The van der Waals surface area contributed by atoms with Crippen LogP contribution in [0.1, 0.15) is 30.9 Å². The number of carbonyl (C=O) groups is 1. The molecule has 1 aromatic carbocycles. The van der Waals surface area contributed by atoms with Gasteiger partial charge in [0.2, 0.25) is 0 Å². The quantitative estimate of drug-likeness (QED) is 0.348. The molecule has 1 heterocycles. The first kappa shape index (κ1) is 12.6. The SMILES string of the molecule is CCCCOC(=O)C=Cc1ccc2c(c1)COO2. The summed E-state index contributed by atoms with van der Waals surface area (Å²) in [6, 6.07) is 5.62. The van der Waals surface area contributed by atoms with Crippen molar-refractivity contribution in [1.29, 1.82) is 0 Å². The highest BCUT2D eigenvalue weighted by Crippen LogP contribution is 2.26. The largest absolute Gasteiger partial charge is 0.463 e. The van der Waals surface area contributed by atoms with E-state index in [1.165, 1.54) is 6.08 Å². The summed E-state index contributed by atoms with van der Waals surface area (Å²) < 4.78 is 5.02. The van der Waals surface area contributed by atoms with Crippen molar-refractivity contribution in [3.8, 4) is 5.75 Å². The fourth-order valence-corrected chi connectivity index (χ4v) is 1.58. The molecule has 0 N–H and O–H groups in total. The van der Waals surface area contributed by atoms with E-state index in [4.69, 9.17) is 14.5 Å². The minimum Gasteiger partial charge on any atom is -0.463 e. The molecular weight excluding hydrogens is 232 g/mol. The molecule has 0 aliphatic carbocycles. The highest BCUT2D eigenvalue weighted by atomic mass is 17.2. The topological polar surface area (TPSA) is 44.8 Å². The third-order valence-corrected chi connectivity index (χ3v) is 2.60. The van der Waals surface area contributed by atoms with Gasteiger partial charge in [0.25, 0.3) is 0 Å². The average molecular weight is 248 g/mol. The lowest BCUT2D eigenvalue weighted by Gasteiger charge is -1.99. The van der Waals surface area contributed by atoms with E-state index in [0.717, 1.165) is 29.7 Å². The molecule has 18 heavy (non-hydrogen) atoms. The van der Waals surface area contributed by atoms with E-state index in [1.54, 1.807) is 6.08 Å². The molecule has 0 atom stereocenters. The van der Waals surface area contributed by atoms with Crippen molar-refractivity contribution in [2.24, 2.45) is 0 Å². The Bertz CT molecular complexity index is 451. The lowest BCUT2D eigenvalue weighted by atomic mass is 10.1. The molecule has 1 aromatic rings. The van der Waals surface area contributed by atoms with Crippen molar-refractivity contribution in [2.45, 2.75) is 26.4 Å². The van der Waals surface area contributed by atoms with Crippen LogP contribution < -0.4 is 4.89 Å². The molecular formula is C14H16O4. The molecule has 0 unspecified atom stereocenters. The van der Waals surface area contributed by atoms with Gasteiger partial charge in [-0.3, -0.25) is 0 Å². The second-order valence-electron chi connectivity index (χ2n) is 4.07. The number of ether oxygens (including phenoxy) is 1. The first-order chi connectivity index (χ1) is 8.79. The molecule has 96 valence electrons. The van der Waals surface area contributed by atoms with Crippen LogP contribution in [0.2, 0.25) is 0 Å². The lowest BCUT2D eigenvalue weighted by Crippen LogP contribution is -2.01. The van der Waals surface area contributed by atoms with Crippen LogP contribution in [0.4, 0.5) is 0 Å². The van der Waals surface area contributed by atoms with Gasteiger partial charge >= 0.3 is 5.97 Å². The summed E-state index contributed by atoms with van der Waals surface area (Å²) in [5, 5.41) is 0. The third-order valence-electron chi connectivity index (χ3n) is 2.60. The zero-order valence-electron chi connectivity index (χ0n) is 10.3. The first-order valence-electron chi connectivity index (χ1n) is 6.07. The molecule has 0 saturated carbocycles. The smallest absolute Gasteiger partial charge is 0.330 e. The molecule has 0 spiro atoms. The molecule has 0 amide bonds. The Labute approximate surface area is 106 Å². The zero-order valence-corrected chi connectivity index (χ0v) is 10.3. The summed E-state index contributed by atoms with van der Waals surface area (Å²) in [6.45, 7) is 2.97. The molecule has 0 bridgehead atoms. The Morgan fingerprint density at radius 3 is 3.22 bits per heavy atom. The van der Waals surface area contributed by atoms with Crippen LogP contribution in [0, 0.1) is 0 Å². The molecule has 4 heteroatoms. The van der Waals surface area contributed by atoms with Crippen LogP contribution >= 0.6 is 0 Å². The maximum absolute atomic E-state index is 11.4. The molecule has 0 saturated heterocycles. The number of esters is 1. The summed E-state index contributed by atoms with van der Waals surface area (Å²) in [4.78, 5) is 21.1. The maximum atomic E-state index is 11.4. The predicted molar refractivity (Wildman–Crippen MR) is 66.8 cm³/mol. The van der Waals surface area contributed by atoms with Gasteiger partial charge in [0.1, 0.15) is 6.61 Å². The fraction of sp³-hybridized carbons (Fsp3) is 0.357. The van der Waals surface area contributed by atoms with Gasteiger partial charge in [0, 0.05) is 11.6 Å². The number of fused-ring (bicyclic) bond motifs is 1. The molecule has 4 nitrogen and oxygen atoms in total. The molecule has 0 aromatic heterocycles. The second-order valence-corrected chi connectivity index (χ2v) is 4.07. The van der Waals surface area contributed by atoms with E-state index in [9.17, 15) is 4.79 Å². The van der Waals surface area contributed by atoms with E-state index in [-0.39, 0.29) is 5.97 Å². The Morgan fingerprint density at radius 2 is 2.39 bits per heavy atom. The fourth-order valence-electron chi connectivity index (χ4n) is 1.58. The van der Waals surface area contributed by atoms with Gasteiger partial charge in [-0.15, -0.1) is 0 Å². The van der Waals surface area contributed by atoms with E-state index >= 15 is 0 Å². The molecule has 2 rings (SSSR count). The lowest BCUT2D eigenvalue weighted by molar-refractivity contribution is -0.194. The van der Waals surface area contributed by atoms with Crippen molar-refractivity contribution in [1.82, 2.24) is 0 Å². The molecule has 0 fully saturated rings. The van der Waals surface area contributed by atoms with Crippen molar-refractivity contribution >= 4 is 12.0 Å². The molecule has 0 radical (unpaired) electrons. The number of benzene rings is 1. The van der Waals surface area contributed by atoms with Crippen molar-refractivity contribution < 1.29 is 19.3 Å². The highest BCUT2D eigenvalue weighted by Gasteiger charge is 2.12. The summed E-state index contributed by atoms with van der Waals surface area (Å²) in [5.74, 6) is 0.425. The Kier molecular flexibility index (Phi) is 4.36. The van der Waals surface area contributed by atoms with Gasteiger partial charge in [-0.05, 0) is 30.2 Å². The summed E-state index contributed by atoms with van der Waals surface area (Å²) >= 11 is 0. The Balaban J connectivity index is 1.90. The van der Waals surface area contributed by atoms with Crippen molar-refractivity contribution in [2.75, 3.05) is 6.61 Å². The van der Waals surface area contributed by atoms with Gasteiger partial charge in [-0.1, -0.05) is 19.4 Å². The van der Waals surface area contributed by atoms with E-state index < -0.39 is 0 Å². The third kappa shape index (κ3) is 3.34. The van der Waals surface area contributed by atoms with Crippen molar-refractivity contribution in [3.05, 3.63) is 35.4 Å². The van der Waals surface area contributed by atoms with Crippen molar-refractivity contribution in [3.63, 3.8) is 0 Å². The number of hydrogen-bond acceptors (Lipinski definition) is 4. The first-order valence-corrected chi connectivity index (χ1v) is 6.07. The number of hydrogen-bond donors (Lipinski definition) is 0. The number of carbonyl (C=O) groups excluding carboxylic acids is 1. The molecule has 1 aliphatic heterocycles. The van der Waals surface area contributed by atoms with Gasteiger partial charge in [0.05, 0.1) is 6.61 Å². The van der Waals surface area contributed by atoms with Gasteiger partial charge in [-0.2, -0.15) is 4.89 Å². The zero-order chi connectivity index (χ0) is 12.8. The van der Waals surface area contributed by atoms with Gasteiger partial charge in [0.15, 0.2) is 5.75 Å². The minimum atomic E-state index is -0.309. The second kappa shape index (κ2) is 6.21. The van der Waals surface area contributed by atoms with Crippen LogP contribution in [0.3, 0.4) is 0 Å². The van der Waals surface area contributed by atoms with Crippen LogP contribution in [0.5, 0.6) is 5.75 Å². The van der Waals surface area contributed by atoms with Crippen LogP contribution in [-0.2, 0) is 21.0 Å². The Morgan fingerprint density at radius 1 is 1.50 bits per heavy atom. The highest BCUT2D eigenvalue weighted by molar-refractivity contribution is 5.87. The van der Waals surface area contributed by atoms with E-state index in [0.29, 0.717) is 13.2 Å². The van der Waals surface area contributed by atoms with Crippen LogP contribution in [0.15, 0.2) is 24.3 Å². The summed E-state index contributed by atoms with van der Waals surface area (Å²) in [7, 11) is 0. The number of rotatable bonds is 5. The van der Waals surface area contributed by atoms with Gasteiger partial charge < -0.3 is 9.62 Å². The van der Waals surface area contributed by atoms with E-state index in [1.807, 2.05) is 18.2 Å². The normalized spacial score (nSPS) is 13.4. The Hall–Kier alpha value is -1.81. The summed E-state index contributed by atoms with van der Waals surface area (Å²) in [5.41, 5.74) is 1.91. The van der Waals surface area contributed by atoms with E-state index in [2.05, 4.69) is 6.92 Å². The number of unbranched alkanes of at least 4 members (excludes halogenated alkanes) is 1. The minimum absolute atomic E-state index is 0.309. The van der Waals surface area contributed by atoms with Crippen LogP contribution in [-0.4, -0.2) is 12.6 Å². The maximum Gasteiger partial charge on any atom is 0.330 e. The van der Waals surface area contributed by atoms with Gasteiger partial charge in [-0.25, -0.2) is 4.79 Å². The standard InChI is InChI=1S/C14H16O4/c1-2-3-8-16-14(15)7-5-11-4-6-13-12(9-11)10-17-18-13/h4-7,9H,2-3,8,10H2,1H3. The predicted octanol–water partition coefficient (Wildman–Crippen LogP) is 2.87. The monoisotopic (exact) mass is 248 g/mol. The average Bonchev–Trinajstić information content (AvgIpc) is 2.84. The summed E-state index contributed by atoms with van der Waals surface area (Å²) in [6.07, 6.45) is 5.08.